The zero-order valence-electron chi connectivity index (χ0n) is 29.2. The first-order valence-electron chi connectivity index (χ1n) is 13.2. The molecule has 70 heavy (non-hydrogen) atoms. The average molecular weight is 1290 g/mol. The predicted octanol–water partition coefficient (Wildman–Crippen LogP) is 9.68. The summed E-state index contributed by atoms with van der Waals surface area (Å²) in [6.07, 6.45) is -22.8. The minimum Gasteiger partial charge on any atom is -0.743 e. The molecule has 0 unspecified atom stereocenters. The van der Waals surface area contributed by atoms with Gasteiger partial charge in [0.15, 0.2) is 30.4 Å². The maximum atomic E-state index is 12.7. The van der Waals surface area contributed by atoms with E-state index in [0.717, 1.165) is 0 Å². The van der Waals surface area contributed by atoms with Crippen LogP contribution in [-0.2, 0) is 63.1 Å². The molecule has 0 heterocycles. The molecule has 9 nitrogen and oxygen atoms in total. The molecule has 420 valence electrons. The Bertz CT molecular complexity index is 1930. The van der Waals surface area contributed by atoms with E-state index in [-0.39, 0.29) is 32.7 Å². The van der Waals surface area contributed by atoms with Gasteiger partial charge in [-0.2, -0.15) is 171 Å². The maximum Gasteiger partial charge on any atom is 3.00 e. The summed E-state index contributed by atoms with van der Waals surface area (Å²) in [5.41, 5.74) is 0. The second-order valence-corrected chi connectivity index (χ2v) is 15.6. The van der Waals surface area contributed by atoms with Gasteiger partial charge in [-0.05, 0) is 0 Å². The van der Waals surface area contributed by atoms with Gasteiger partial charge >= 0.3 is 138 Å². The topological polar surface area (TPSA) is 172 Å². The summed E-state index contributed by atoms with van der Waals surface area (Å²) in [6.45, 7) is 0. The van der Waals surface area contributed by atoms with Crippen LogP contribution in [0.2, 0.25) is 0 Å². The van der Waals surface area contributed by atoms with Crippen molar-refractivity contribution in [1.29, 1.82) is 0 Å². The van der Waals surface area contributed by atoms with E-state index in [2.05, 4.69) is 0 Å². The molecule has 0 spiro atoms. The number of rotatable bonds is 15. The van der Waals surface area contributed by atoms with Crippen molar-refractivity contribution in [3.63, 3.8) is 0 Å². The van der Waals surface area contributed by atoms with E-state index in [4.69, 9.17) is 0 Å². The van der Waals surface area contributed by atoms with Crippen molar-refractivity contribution >= 4 is 30.4 Å². The molecular weight excluding hydrogens is 1290 g/mol. The van der Waals surface area contributed by atoms with Gasteiger partial charge < -0.3 is 13.7 Å². The van der Waals surface area contributed by atoms with Crippen molar-refractivity contribution in [2.45, 2.75) is 105 Å². The van der Waals surface area contributed by atoms with E-state index in [9.17, 15) is 210 Å². The van der Waals surface area contributed by atoms with Crippen molar-refractivity contribution in [3.8, 4) is 0 Å². The molecule has 0 aliphatic rings. The van der Waals surface area contributed by atoms with Gasteiger partial charge in [0, 0.05) is 0 Å². The third-order valence-electron chi connectivity index (χ3n) is 6.66. The van der Waals surface area contributed by atoms with Crippen molar-refractivity contribution < 1.29 is 243 Å². The third-order valence-corrected chi connectivity index (χ3v) is 9.31. The van der Waals surface area contributed by atoms with Crippen molar-refractivity contribution in [2.75, 3.05) is 0 Å². The first-order valence-corrected chi connectivity index (χ1v) is 17.5. The Morgan fingerprint density at radius 2 is 0.271 bits per heavy atom. The number of halogens is 39. The number of hydrogen-bond acceptors (Lipinski definition) is 9. The molecule has 0 saturated heterocycles. The molecule has 52 heteroatoms. The zero-order chi connectivity index (χ0) is 58.5. The van der Waals surface area contributed by atoms with Crippen molar-refractivity contribution in [1.82, 2.24) is 0 Å². The van der Waals surface area contributed by atoms with Crippen molar-refractivity contribution in [3.05, 3.63) is 0 Å². The Morgan fingerprint density at radius 3 is 0.343 bits per heavy atom. The van der Waals surface area contributed by atoms with Crippen LogP contribution in [0.25, 0.3) is 0 Å². The van der Waals surface area contributed by atoms with Crippen LogP contribution in [0, 0.1) is 0 Å². The fraction of sp³-hybridized carbons (Fsp3) is 1.00. The molecule has 0 aromatic carbocycles. The molecule has 0 bridgehead atoms. The molecule has 0 aromatic heterocycles. The largest absolute Gasteiger partial charge is 3.00 e. The van der Waals surface area contributed by atoms with Gasteiger partial charge in [0.1, 0.15) is 0 Å². The van der Waals surface area contributed by atoms with Crippen LogP contribution in [0.3, 0.4) is 0 Å². The second kappa shape index (κ2) is 19.0. The predicted molar refractivity (Wildman–Crippen MR) is 121 cm³/mol. The van der Waals surface area contributed by atoms with E-state index < -0.39 is 136 Å². The van der Waals surface area contributed by atoms with Gasteiger partial charge in [-0.1, -0.05) is 0 Å². The molecule has 0 aliphatic carbocycles. The van der Waals surface area contributed by atoms with Crippen LogP contribution < -0.4 is 0 Å². The Balaban J connectivity index is -0.000000463. The van der Waals surface area contributed by atoms with Gasteiger partial charge in [-0.3, -0.25) is 0 Å². The summed E-state index contributed by atoms with van der Waals surface area (Å²) in [5, 5.41) is -22.9. The normalized spacial score (nSPS) is 16.4. The fourth-order valence-electron chi connectivity index (χ4n) is 2.74. The standard InChI is InChI=1S/3C6HF13O3S.Y/c3*7-1(8,3(11,12)5(15,16)17)2(9,10)4(13,14)6(18,19)23(20,21)22;/h3*(H,20,21,22);/q;;;+3/p-3. The third kappa shape index (κ3) is 10.9. The van der Waals surface area contributed by atoms with Crippen LogP contribution >= 0.6 is 0 Å². The van der Waals surface area contributed by atoms with E-state index in [1.807, 2.05) is 0 Å². The van der Waals surface area contributed by atoms with Gasteiger partial charge in [-0.25, -0.2) is 25.3 Å². The molecule has 0 rings (SSSR count). The Labute approximate surface area is 378 Å². The summed E-state index contributed by atoms with van der Waals surface area (Å²) in [5.74, 6) is -97.9. The molecule has 0 saturated carbocycles. The summed E-state index contributed by atoms with van der Waals surface area (Å²) >= 11 is 0. The van der Waals surface area contributed by atoms with Gasteiger partial charge in [0.05, 0.1) is 0 Å². The quantitative estimate of drug-likeness (QED) is 0.114. The van der Waals surface area contributed by atoms with E-state index in [1.165, 1.54) is 0 Å². The second-order valence-electron chi connectivity index (χ2n) is 11.3. The van der Waals surface area contributed by atoms with E-state index in [0.29, 0.717) is 0 Å². The molecule has 0 fully saturated rings. The van der Waals surface area contributed by atoms with Crippen molar-refractivity contribution in [2.24, 2.45) is 0 Å². The Hall–Kier alpha value is -1.90. The minimum atomic E-state index is -8.29. The van der Waals surface area contributed by atoms with Crippen LogP contribution in [0.4, 0.5) is 171 Å². The molecule has 0 atom stereocenters. The monoisotopic (exact) mass is 1290 g/mol. The van der Waals surface area contributed by atoms with Crippen LogP contribution in [-0.4, -0.2) is 144 Å². The van der Waals surface area contributed by atoms with Gasteiger partial charge in [-0.15, -0.1) is 0 Å². The van der Waals surface area contributed by atoms with Crippen LogP contribution in [0.1, 0.15) is 0 Å². The smallest absolute Gasteiger partial charge is 0.743 e. The molecular formula is C18F39O9S3Y. The number of alkyl halides is 39. The molecule has 0 N–H and O–H groups in total. The molecule has 0 aliphatic heterocycles. The summed E-state index contributed by atoms with van der Waals surface area (Å²) < 4.78 is 567. The molecule has 0 aromatic rings. The first-order chi connectivity index (χ1) is 28.5. The first kappa shape index (κ1) is 74.6. The molecule has 0 amide bonds. The summed E-state index contributed by atoms with van der Waals surface area (Å²) in [6, 6.07) is 0. The number of hydrogen-bond donors (Lipinski definition) is 0. The summed E-state index contributed by atoms with van der Waals surface area (Å²) in [4.78, 5) is 0. The van der Waals surface area contributed by atoms with Crippen LogP contribution in [0.15, 0.2) is 0 Å². The van der Waals surface area contributed by atoms with Gasteiger partial charge in [0.2, 0.25) is 0 Å². The van der Waals surface area contributed by atoms with E-state index in [1.54, 1.807) is 0 Å². The van der Waals surface area contributed by atoms with Gasteiger partial charge in [0.25, 0.3) is 0 Å². The SMILES string of the molecule is O=S(=O)([O-])C(F)(F)C(F)(F)C(F)(F)C(F)(F)C(F)(F)C(F)(F)F.O=S(=O)([O-])C(F)(F)C(F)(F)C(F)(F)C(F)(F)C(F)(F)C(F)(F)F.O=S(=O)([O-])C(F)(F)C(F)(F)C(F)(F)C(F)(F)C(F)(F)C(F)(F)F.[Y+3]. The molecule has 0 radical (unpaired) electrons. The average Bonchev–Trinajstić information content (AvgIpc) is 3.04. The minimum absolute atomic E-state index is 0. The van der Waals surface area contributed by atoms with E-state index >= 15 is 0 Å². The van der Waals surface area contributed by atoms with Crippen LogP contribution in [0.5, 0.6) is 0 Å². The maximum absolute atomic E-state index is 12.7. The zero-order valence-corrected chi connectivity index (χ0v) is 34.5. The summed E-state index contributed by atoms with van der Waals surface area (Å²) in [7, 11) is -23.6. The fourth-order valence-corrected chi connectivity index (χ4v) is 4.06. The Kier molecular flexibility index (Phi) is 20.3. The Morgan fingerprint density at radius 1 is 0.186 bits per heavy atom.